The molecule has 4 nitrogen and oxygen atoms in total. The standard InChI is InChI=1S/C12H26O4/c1-4-6-11(13)12(5-2)16-10-9-15-8-7-14-3/h11-13H,4-10H2,1-3H3. The Hall–Kier alpha value is -0.160. The summed E-state index contributed by atoms with van der Waals surface area (Å²) in [7, 11) is 1.65. The van der Waals surface area contributed by atoms with E-state index in [0.717, 1.165) is 19.3 Å². The van der Waals surface area contributed by atoms with Gasteiger partial charge in [-0.2, -0.15) is 0 Å². The van der Waals surface area contributed by atoms with Gasteiger partial charge in [-0.1, -0.05) is 20.3 Å². The highest BCUT2D eigenvalue weighted by Gasteiger charge is 2.16. The van der Waals surface area contributed by atoms with Crippen LogP contribution in [0, 0.1) is 0 Å². The summed E-state index contributed by atoms with van der Waals surface area (Å²) in [6.45, 7) is 6.37. The normalized spacial score (nSPS) is 15.0. The molecule has 2 atom stereocenters. The fourth-order valence-electron chi connectivity index (χ4n) is 1.49. The van der Waals surface area contributed by atoms with Crippen molar-refractivity contribution in [3.8, 4) is 0 Å². The van der Waals surface area contributed by atoms with Crippen LogP contribution in [0.25, 0.3) is 0 Å². The van der Waals surface area contributed by atoms with Crippen molar-refractivity contribution in [3.63, 3.8) is 0 Å². The van der Waals surface area contributed by atoms with E-state index < -0.39 is 0 Å². The van der Waals surface area contributed by atoms with Crippen LogP contribution >= 0.6 is 0 Å². The predicted octanol–water partition coefficient (Wildman–Crippen LogP) is 1.61. The van der Waals surface area contributed by atoms with Crippen LogP contribution in [0.4, 0.5) is 0 Å². The van der Waals surface area contributed by atoms with E-state index >= 15 is 0 Å². The molecule has 0 aromatic rings. The summed E-state index contributed by atoms with van der Waals surface area (Å²) in [6.07, 6.45) is 2.19. The van der Waals surface area contributed by atoms with Crippen LogP contribution in [0.2, 0.25) is 0 Å². The predicted molar refractivity (Wildman–Crippen MR) is 63.6 cm³/mol. The lowest BCUT2D eigenvalue weighted by Gasteiger charge is -2.21. The first-order valence-electron chi connectivity index (χ1n) is 6.12. The third-order valence-corrected chi connectivity index (χ3v) is 2.41. The van der Waals surface area contributed by atoms with Crippen LogP contribution in [-0.4, -0.2) is 50.9 Å². The first kappa shape index (κ1) is 15.8. The maximum Gasteiger partial charge on any atom is 0.0832 e. The van der Waals surface area contributed by atoms with Gasteiger partial charge in [0.05, 0.1) is 38.6 Å². The quantitative estimate of drug-likeness (QED) is 0.552. The zero-order chi connectivity index (χ0) is 12.2. The van der Waals surface area contributed by atoms with Gasteiger partial charge in [0, 0.05) is 7.11 Å². The molecule has 0 aliphatic carbocycles. The molecule has 0 aliphatic rings. The lowest BCUT2D eigenvalue weighted by atomic mass is 10.1. The van der Waals surface area contributed by atoms with E-state index in [1.807, 2.05) is 6.92 Å². The Morgan fingerprint density at radius 3 is 2.31 bits per heavy atom. The minimum atomic E-state index is -0.353. The van der Waals surface area contributed by atoms with E-state index in [2.05, 4.69) is 6.92 Å². The van der Waals surface area contributed by atoms with Crippen LogP contribution in [0.5, 0.6) is 0 Å². The second-order valence-corrected chi connectivity index (χ2v) is 3.78. The van der Waals surface area contributed by atoms with Crippen LogP contribution in [0.15, 0.2) is 0 Å². The Labute approximate surface area is 98.9 Å². The summed E-state index contributed by atoms with van der Waals surface area (Å²) in [5.74, 6) is 0. The van der Waals surface area contributed by atoms with Crippen LogP contribution in [0.1, 0.15) is 33.1 Å². The summed E-state index contributed by atoms with van der Waals surface area (Å²) in [5.41, 5.74) is 0. The van der Waals surface area contributed by atoms with E-state index in [1.165, 1.54) is 0 Å². The third kappa shape index (κ3) is 8.05. The van der Waals surface area contributed by atoms with Crippen LogP contribution in [0.3, 0.4) is 0 Å². The lowest BCUT2D eigenvalue weighted by Crippen LogP contribution is -2.29. The molecule has 0 bridgehead atoms. The molecule has 0 aromatic heterocycles. The molecule has 0 rings (SSSR count). The minimum absolute atomic E-state index is 0.0639. The monoisotopic (exact) mass is 234 g/mol. The molecular formula is C12H26O4. The molecule has 0 saturated heterocycles. The van der Waals surface area contributed by atoms with E-state index in [-0.39, 0.29) is 12.2 Å². The van der Waals surface area contributed by atoms with Crippen LogP contribution < -0.4 is 0 Å². The largest absolute Gasteiger partial charge is 0.390 e. The maximum atomic E-state index is 9.76. The molecule has 2 unspecified atom stereocenters. The molecule has 16 heavy (non-hydrogen) atoms. The van der Waals surface area contributed by atoms with Crippen molar-refractivity contribution in [2.45, 2.75) is 45.3 Å². The second kappa shape index (κ2) is 11.3. The van der Waals surface area contributed by atoms with Gasteiger partial charge in [0.1, 0.15) is 0 Å². The number of ether oxygens (including phenoxy) is 3. The average molecular weight is 234 g/mol. The molecule has 0 fully saturated rings. The highest BCUT2D eigenvalue weighted by Crippen LogP contribution is 2.09. The molecule has 0 amide bonds. The molecular weight excluding hydrogens is 208 g/mol. The van der Waals surface area contributed by atoms with Gasteiger partial charge in [-0.15, -0.1) is 0 Å². The van der Waals surface area contributed by atoms with Crippen LogP contribution in [-0.2, 0) is 14.2 Å². The van der Waals surface area contributed by atoms with Gasteiger partial charge >= 0.3 is 0 Å². The molecule has 1 N–H and O–H groups in total. The molecule has 0 radical (unpaired) electrons. The minimum Gasteiger partial charge on any atom is -0.390 e. The molecule has 0 saturated carbocycles. The van der Waals surface area contributed by atoms with Crippen molar-refractivity contribution in [2.24, 2.45) is 0 Å². The average Bonchev–Trinajstić information content (AvgIpc) is 2.28. The highest BCUT2D eigenvalue weighted by molar-refractivity contribution is 4.66. The summed E-state index contributed by atoms with van der Waals surface area (Å²) in [4.78, 5) is 0. The number of aliphatic hydroxyl groups excluding tert-OH is 1. The van der Waals surface area contributed by atoms with Crippen molar-refractivity contribution >= 4 is 0 Å². The zero-order valence-electron chi connectivity index (χ0n) is 10.8. The molecule has 0 spiro atoms. The Morgan fingerprint density at radius 2 is 1.75 bits per heavy atom. The number of aliphatic hydroxyl groups is 1. The molecule has 98 valence electrons. The van der Waals surface area contributed by atoms with Gasteiger partial charge in [-0.05, 0) is 12.8 Å². The van der Waals surface area contributed by atoms with Gasteiger partial charge < -0.3 is 19.3 Å². The summed E-state index contributed by atoms with van der Waals surface area (Å²) >= 11 is 0. The van der Waals surface area contributed by atoms with E-state index in [0.29, 0.717) is 26.4 Å². The Balaban J connectivity index is 3.47. The molecule has 0 heterocycles. The van der Waals surface area contributed by atoms with Gasteiger partial charge in [0.25, 0.3) is 0 Å². The Kier molecular flexibility index (Phi) is 11.2. The Morgan fingerprint density at radius 1 is 1.06 bits per heavy atom. The van der Waals surface area contributed by atoms with E-state index in [1.54, 1.807) is 7.11 Å². The molecule has 0 aliphatic heterocycles. The van der Waals surface area contributed by atoms with Crippen molar-refractivity contribution < 1.29 is 19.3 Å². The van der Waals surface area contributed by atoms with Gasteiger partial charge in [0.15, 0.2) is 0 Å². The van der Waals surface area contributed by atoms with Crippen molar-refractivity contribution in [3.05, 3.63) is 0 Å². The van der Waals surface area contributed by atoms with Gasteiger partial charge in [0.2, 0.25) is 0 Å². The summed E-state index contributed by atoms with van der Waals surface area (Å²) in [5, 5.41) is 9.76. The van der Waals surface area contributed by atoms with Crippen molar-refractivity contribution in [2.75, 3.05) is 33.5 Å². The number of hydrogen-bond donors (Lipinski definition) is 1. The fraction of sp³-hybridized carbons (Fsp3) is 1.00. The smallest absolute Gasteiger partial charge is 0.0832 e. The maximum absolute atomic E-state index is 9.76. The number of rotatable bonds is 11. The topological polar surface area (TPSA) is 47.9 Å². The van der Waals surface area contributed by atoms with E-state index in [9.17, 15) is 5.11 Å². The molecule has 0 aromatic carbocycles. The first-order chi connectivity index (χ1) is 7.76. The number of methoxy groups -OCH3 is 1. The molecule has 4 heteroatoms. The van der Waals surface area contributed by atoms with Gasteiger partial charge in [-0.25, -0.2) is 0 Å². The summed E-state index contributed by atoms with van der Waals surface area (Å²) < 4.78 is 15.7. The highest BCUT2D eigenvalue weighted by atomic mass is 16.5. The fourth-order valence-corrected chi connectivity index (χ4v) is 1.49. The SMILES string of the molecule is CCCC(O)C(CC)OCCOCCOC. The summed E-state index contributed by atoms with van der Waals surface area (Å²) in [6, 6.07) is 0. The van der Waals surface area contributed by atoms with Gasteiger partial charge in [-0.3, -0.25) is 0 Å². The first-order valence-corrected chi connectivity index (χ1v) is 6.12. The third-order valence-electron chi connectivity index (χ3n) is 2.41. The van der Waals surface area contributed by atoms with Crippen molar-refractivity contribution in [1.29, 1.82) is 0 Å². The number of hydrogen-bond acceptors (Lipinski definition) is 4. The lowest BCUT2D eigenvalue weighted by molar-refractivity contribution is -0.0625. The van der Waals surface area contributed by atoms with Crippen molar-refractivity contribution in [1.82, 2.24) is 0 Å². The van der Waals surface area contributed by atoms with E-state index in [4.69, 9.17) is 14.2 Å². The zero-order valence-corrected chi connectivity index (χ0v) is 10.8. The second-order valence-electron chi connectivity index (χ2n) is 3.78. The Bertz CT molecular complexity index is 141.